The Hall–Kier alpha value is -2.35. The Morgan fingerprint density at radius 2 is 1.96 bits per heavy atom. The molecule has 0 radical (unpaired) electrons. The van der Waals surface area contributed by atoms with E-state index in [1.807, 2.05) is 38.1 Å². The van der Waals surface area contributed by atoms with E-state index in [-0.39, 0.29) is 17.9 Å². The number of methoxy groups -OCH3 is 1. The van der Waals surface area contributed by atoms with Gasteiger partial charge in [-0.2, -0.15) is 0 Å². The molecule has 1 aromatic heterocycles. The third kappa shape index (κ3) is 4.50. The van der Waals surface area contributed by atoms with Crippen molar-refractivity contribution in [2.45, 2.75) is 38.8 Å². The molecule has 1 aromatic carbocycles. The first-order chi connectivity index (χ1) is 12.9. The molecule has 2 N–H and O–H groups in total. The second kappa shape index (κ2) is 8.12. The number of ether oxygens (including phenoxy) is 1. The van der Waals surface area contributed by atoms with E-state index in [0.29, 0.717) is 5.95 Å². The van der Waals surface area contributed by atoms with E-state index in [0.717, 1.165) is 28.6 Å². The van der Waals surface area contributed by atoms with E-state index in [4.69, 9.17) is 0 Å². The summed E-state index contributed by atoms with van der Waals surface area (Å²) < 4.78 is 5.66. The summed E-state index contributed by atoms with van der Waals surface area (Å²) >= 11 is 3.42. The summed E-state index contributed by atoms with van der Waals surface area (Å²) in [4.78, 5) is 34.2. The molecule has 27 heavy (non-hydrogen) atoms. The number of aromatic nitrogens is 2. The Bertz CT molecular complexity index is 815. The lowest BCUT2D eigenvalue weighted by molar-refractivity contribution is -0.121. The number of halogens is 1. The standard InChI is InChI=1S/C19H23BrN4O3/c1-11(2)16(23-19(26)27-3)17(25)24(14-8-9-14)18-21-10-15(22-18)12-4-6-13(20)7-5-12/h4-7,10-11,14,16H,8-9H2,1-3H3,(H,21,22)(H,23,26). The van der Waals surface area contributed by atoms with E-state index < -0.39 is 12.1 Å². The van der Waals surface area contributed by atoms with Gasteiger partial charge in [0.1, 0.15) is 6.04 Å². The van der Waals surface area contributed by atoms with Gasteiger partial charge in [-0.15, -0.1) is 0 Å². The fourth-order valence-corrected chi connectivity index (χ4v) is 3.11. The maximum Gasteiger partial charge on any atom is 0.407 e. The van der Waals surface area contributed by atoms with Crippen molar-refractivity contribution < 1.29 is 14.3 Å². The smallest absolute Gasteiger partial charge is 0.407 e. The first kappa shape index (κ1) is 19.4. The van der Waals surface area contributed by atoms with Gasteiger partial charge in [0.05, 0.1) is 19.0 Å². The number of imidazole rings is 1. The highest BCUT2D eigenvalue weighted by molar-refractivity contribution is 9.10. The van der Waals surface area contributed by atoms with Gasteiger partial charge < -0.3 is 15.0 Å². The lowest BCUT2D eigenvalue weighted by atomic mass is 10.0. The molecule has 144 valence electrons. The van der Waals surface area contributed by atoms with E-state index in [2.05, 4.69) is 36.0 Å². The molecule has 0 aliphatic heterocycles. The molecule has 0 saturated heterocycles. The van der Waals surface area contributed by atoms with Crippen LogP contribution in [0, 0.1) is 5.92 Å². The minimum absolute atomic E-state index is 0.0845. The Morgan fingerprint density at radius 1 is 1.30 bits per heavy atom. The van der Waals surface area contributed by atoms with Crippen molar-refractivity contribution >= 4 is 33.9 Å². The maximum absolute atomic E-state index is 13.2. The van der Waals surface area contributed by atoms with Crippen LogP contribution in [0.5, 0.6) is 0 Å². The van der Waals surface area contributed by atoms with Crippen molar-refractivity contribution in [3.8, 4) is 11.3 Å². The highest BCUT2D eigenvalue weighted by Crippen LogP contribution is 2.32. The average Bonchev–Trinajstić information content (AvgIpc) is 3.36. The summed E-state index contributed by atoms with van der Waals surface area (Å²) in [6.45, 7) is 3.78. The topological polar surface area (TPSA) is 87.3 Å². The van der Waals surface area contributed by atoms with Gasteiger partial charge in [-0.1, -0.05) is 41.9 Å². The molecule has 1 heterocycles. The van der Waals surface area contributed by atoms with E-state index in [1.54, 1.807) is 11.1 Å². The highest BCUT2D eigenvalue weighted by Gasteiger charge is 2.40. The van der Waals surface area contributed by atoms with Gasteiger partial charge in [0.25, 0.3) is 5.91 Å². The van der Waals surface area contributed by atoms with E-state index >= 15 is 0 Å². The summed E-state index contributed by atoms with van der Waals surface area (Å²) in [5.41, 5.74) is 1.81. The second-order valence-electron chi connectivity index (χ2n) is 6.92. The molecule has 1 unspecified atom stereocenters. The number of anilines is 1. The van der Waals surface area contributed by atoms with Gasteiger partial charge in [0.15, 0.2) is 0 Å². The summed E-state index contributed by atoms with van der Waals surface area (Å²) in [5.74, 6) is 0.228. The number of carbonyl (C=O) groups is 2. The molecule has 1 aliphatic rings. The zero-order chi connectivity index (χ0) is 19.6. The summed E-state index contributed by atoms with van der Waals surface area (Å²) in [5, 5.41) is 2.64. The SMILES string of the molecule is COC(=O)NC(C(=O)N(c1ncc(-c2ccc(Br)cc2)[nH]1)C1CC1)C(C)C. The third-order valence-corrected chi connectivity index (χ3v) is 5.02. The summed E-state index contributed by atoms with van der Waals surface area (Å²) in [6.07, 6.45) is 2.94. The number of aromatic amines is 1. The molecule has 0 bridgehead atoms. The Morgan fingerprint density at radius 3 is 2.52 bits per heavy atom. The van der Waals surface area contributed by atoms with Gasteiger partial charge in [-0.25, -0.2) is 9.78 Å². The van der Waals surface area contributed by atoms with Crippen LogP contribution in [0.3, 0.4) is 0 Å². The molecule has 1 atom stereocenters. The van der Waals surface area contributed by atoms with Crippen molar-refractivity contribution in [1.82, 2.24) is 15.3 Å². The molecular formula is C19H23BrN4O3. The Kier molecular flexibility index (Phi) is 5.84. The zero-order valence-electron chi connectivity index (χ0n) is 15.5. The van der Waals surface area contributed by atoms with Crippen LogP contribution in [0.4, 0.5) is 10.7 Å². The van der Waals surface area contributed by atoms with Crippen molar-refractivity contribution in [3.05, 3.63) is 34.9 Å². The summed E-state index contributed by atoms with van der Waals surface area (Å²) in [7, 11) is 1.28. The normalized spacial score (nSPS) is 14.7. The van der Waals surface area contributed by atoms with Crippen molar-refractivity contribution in [3.63, 3.8) is 0 Å². The fraction of sp³-hybridized carbons (Fsp3) is 0.421. The van der Waals surface area contributed by atoms with E-state index in [9.17, 15) is 9.59 Å². The van der Waals surface area contributed by atoms with Crippen molar-refractivity contribution in [2.75, 3.05) is 12.0 Å². The predicted octanol–water partition coefficient (Wildman–Crippen LogP) is 3.72. The zero-order valence-corrected chi connectivity index (χ0v) is 17.1. The van der Waals surface area contributed by atoms with Crippen LogP contribution in [-0.4, -0.2) is 41.2 Å². The number of benzene rings is 1. The highest BCUT2D eigenvalue weighted by atomic mass is 79.9. The minimum Gasteiger partial charge on any atom is -0.453 e. The van der Waals surface area contributed by atoms with Gasteiger partial charge in [0, 0.05) is 10.5 Å². The van der Waals surface area contributed by atoms with Gasteiger partial charge in [-0.05, 0) is 36.5 Å². The van der Waals surface area contributed by atoms with Gasteiger partial charge in [-0.3, -0.25) is 9.69 Å². The second-order valence-corrected chi connectivity index (χ2v) is 7.84. The van der Waals surface area contributed by atoms with Crippen LogP contribution in [0.1, 0.15) is 26.7 Å². The van der Waals surface area contributed by atoms with Crippen LogP contribution >= 0.6 is 15.9 Å². The monoisotopic (exact) mass is 434 g/mol. The van der Waals surface area contributed by atoms with Gasteiger partial charge >= 0.3 is 6.09 Å². The van der Waals surface area contributed by atoms with Gasteiger partial charge in [0.2, 0.25) is 5.95 Å². The van der Waals surface area contributed by atoms with Crippen LogP contribution in [0.15, 0.2) is 34.9 Å². The lowest BCUT2D eigenvalue weighted by Gasteiger charge is -2.27. The molecule has 0 spiro atoms. The molecule has 7 nitrogen and oxygen atoms in total. The number of nitrogens with zero attached hydrogens (tertiary/aromatic N) is 2. The van der Waals surface area contributed by atoms with Crippen molar-refractivity contribution in [2.24, 2.45) is 5.92 Å². The lowest BCUT2D eigenvalue weighted by Crippen LogP contribution is -2.52. The third-order valence-electron chi connectivity index (χ3n) is 4.49. The largest absolute Gasteiger partial charge is 0.453 e. The number of hydrogen-bond acceptors (Lipinski definition) is 4. The number of alkyl carbamates (subject to hydrolysis) is 1. The first-order valence-electron chi connectivity index (χ1n) is 8.89. The minimum atomic E-state index is -0.681. The van der Waals surface area contributed by atoms with Crippen LogP contribution in [0.25, 0.3) is 11.3 Å². The summed E-state index contributed by atoms with van der Waals surface area (Å²) in [6, 6.07) is 7.27. The van der Waals surface area contributed by atoms with Crippen LogP contribution in [0.2, 0.25) is 0 Å². The molecule has 2 amide bonds. The molecule has 1 fully saturated rings. The Balaban J connectivity index is 1.86. The number of H-pyrrole nitrogens is 1. The molecule has 8 heteroatoms. The van der Waals surface area contributed by atoms with Crippen molar-refractivity contribution in [1.29, 1.82) is 0 Å². The number of rotatable bonds is 6. The quantitative estimate of drug-likeness (QED) is 0.724. The molecule has 1 saturated carbocycles. The molecule has 3 rings (SSSR count). The van der Waals surface area contributed by atoms with Crippen LogP contribution < -0.4 is 10.2 Å². The Labute approximate surface area is 166 Å². The maximum atomic E-state index is 13.2. The average molecular weight is 435 g/mol. The van der Waals surface area contributed by atoms with E-state index in [1.165, 1.54) is 7.11 Å². The molecule has 2 aromatic rings. The molecular weight excluding hydrogens is 412 g/mol. The predicted molar refractivity (Wildman–Crippen MR) is 106 cm³/mol. The first-order valence-corrected chi connectivity index (χ1v) is 9.68. The number of hydrogen-bond donors (Lipinski definition) is 2. The number of amides is 2. The molecule has 1 aliphatic carbocycles. The number of carbonyl (C=O) groups excluding carboxylic acids is 2. The van der Waals surface area contributed by atoms with Crippen LogP contribution in [-0.2, 0) is 9.53 Å². The number of nitrogens with one attached hydrogen (secondary N) is 2. The fourth-order valence-electron chi connectivity index (χ4n) is 2.85.